The molecule has 0 radical (unpaired) electrons. The van der Waals surface area contributed by atoms with Gasteiger partial charge in [-0.2, -0.15) is 0 Å². The van der Waals surface area contributed by atoms with E-state index >= 15 is 0 Å². The Morgan fingerprint density at radius 2 is 1.71 bits per heavy atom. The summed E-state index contributed by atoms with van der Waals surface area (Å²) in [5, 5.41) is 3.43. The van der Waals surface area contributed by atoms with E-state index in [0.717, 1.165) is 5.56 Å². The Balaban J connectivity index is 1.83. The number of amides is 1. The van der Waals surface area contributed by atoms with Gasteiger partial charge in [-0.05, 0) is 37.1 Å². The van der Waals surface area contributed by atoms with Gasteiger partial charge in [0.1, 0.15) is 0 Å². The Morgan fingerprint density at radius 1 is 1.08 bits per heavy atom. The molecule has 2 rings (SSSR count). The topological polar surface area (TPSA) is 55.4 Å². The first kappa shape index (κ1) is 18.3. The number of ether oxygens (including phenoxy) is 1. The van der Waals surface area contributed by atoms with Gasteiger partial charge in [0.15, 0.2) is 6.10 Å². The van der Waals surface area contributed by atoms with E-state index in [0.29, 0.717) is 22.2 Å². The van der Waals surface area contributed by atoms with Crippen LogP contribution >= 0.6 is 23.2 Å². The van der Waals surface area contributed by atoms with Crippen molar-refractivity contribution in [2.75, 3.05) is 5.32 Å². The zero-order chi connectivity index (χ0) is 17.5. The molecule has 1 amide bonds. The second-order valence-corrected chi connectivity index (χ2v) is 6.14. The van der Waals surface area contributed by atoms with Crippen molar-refractivity contribution in [1.82, 2.24) is 0 Å². The molecule has 0 spiro atoms. The number of carbonyl (C=O) groups excluding carboxylic acids is 2. The standard InChI is InChI=1S/C18H17Cl2NO3/c1-12(18(23)21-16-10-14(19)9-15(20)11-16)24-17(22)8-7-13-5-3-2-4-6-13/h2-6,9-12H,7-8H2,1H3,(H,21,23)/t12-/m0/s1. The van der Waals surface area contributed by atoms with Crippen molar-refractivity contribution in [3.63, 3.8) is 0 Å². The lowest BCUT2D eigenvalue weighted by molar-refractivity contribution is -0.153. The maximum absolute atomic E-state index is 12.1. The Morgan fingerprint density at radius 3 is 2.33 bits per heavy atom. The fourth-order valence-electron chi connectivity index (χ4n) is 2.07. The first-order valence-corrected chi connectivity index (χ1v) is 8.20. The van der Waals surface area contributed by atoms with Crippen LogP contribution < -0.4 is 5.32 Å². The number of aryl methyl sites for hydroxylation is 1. The number of carbonyl (C=O) groups is 2. The minimum absolute atomic E-state index is 0.213. The van der Waals surface area contributed by atoms with Crippen molar-refractivity contribution in [3.8, 4) is 0 Å². The second kappa shape index (κ2) is 8.71. The average molecular weight is 366 g/mol. The second-order valence-electron chi connectivity index (χ2n) is 5.27. The lowest BCUT2D eigenvalue weighted by Gasteiger charge is -2.14. The van der Waals surface area contributed by atoms with Gasteiger partial charge in [0.05, 0.1) is 0 Å². The van der Waals surface area contributed by atoms with E-state index in [9.17, 15) is 9.59 Å². The van der Waals surface area contributed by atoms with Crippen molar-refractivity contribution in [1.29, 1.82) is 0 Å². The minimum Gasteiger partial charge on any atom is -0.453 e. The quantitative estimate of drug-likeness (QED) is 0.766. The van der Waals surface area contributed by atoms with Crippen molar-refractivity contribution < 1.29 is 14.3 Å². The van der Waals surface area contributed by atoms with Gasteiger partial charge < -0.3 is 10.1 Å². The molecular formula is C18H17Cl2NO3. The van der Waals surface area contributed by atoms with Crippen LogP contribution in [0.25, 0.3) is 0 Å². The first-order chi connectivity index (χ1) is 11.4. The van der Waals surface area contributed by atoms with Crippen LogP contribution in [0.4, 0.5) is 5.69 Å². The van der Waals surface area contributed by atoms with E-state index in [1.54, 1.807) is 18.2 Å². The lowest BCUT2D eigenvalue weighted by atomic mass is 10.1. The Kier molecular flexibility index (Phi) is 6.64. The molecule has 0 saturated carbocycles. The highest BCUT2D eigenvalue weighted by Crippen LogP contribution is 2.22. The van der Waals surface area contributed by atoms with Crippen LogP contribution in [0, 0.1) is 0 Å². The smallest absolute Gasteiger partial charge is 0.306 e. The number of hydrogen-bond acceptors (Lipinski definition) is 3. The highest BCUT2D eigenvalue weighted by Gasteiger charge is 2.18. The molecule has 0 unspecified atom stereocenters. The molecule has 6 heteroatoms. The molecule has 0 heterocycles. The molecule has 2 aromatic carbocycles. The molecule has 0 saturated heterocycles. The van der Waals surface area contributed by atoms with E-state index in [-0.39, 0.29) is 6.42 Å². The predicted molar refractivity (Wildman–Crippen MR) is 95.4 cm³/mol. The highest BCUT2D eigenvalue weighted by molar-refractivity contribution is 6.35. The molecular weight excluding hydrogens is 349 g/mol. The summed E-state index contributed by atoms with van der Waals surface area (Å²) < 4.78 is 5.15. The van der Waals surface area contributed by atoms with Crippen LogP contribution in [-0.4, -0.2) is 18.0 Å². The van der Waals surface area contributed by atoms with E-state index in [4.69, 9.17) is 27.9 Å². The third-order valence-electron chi connectivity index (χ3n) is 3.27. The van der Waals surface area contributed by atoms with Crippen LogP contribution in [0.5, 0.6) is 0 Å². The van der Waals surface area contributed by atoms with Gasteiger partial charge in [0.2, 0.25) is 0 Å². The summed E-state index contributed by atoms with van der Waals surface area (Å²) in [4.78, 5) is 23.9. The summed E-state index contributed by atoms with van der Waals surface area (Å²) in [6.07, 6.45) is -0.131. The van der Waals surface area contributed by atoms with Gasteiger partial charge in [-0.3, -0.25) is 9.59 Å². The van der Waals surface area contributed by atoms with Crippen LogP contribution in [0.3, 0.4) is 0 Å². The maximum atomic E-state index is 12.1. The Labute approximate surface area is 150 Å². The molecule has 1 N–H and O–H groups in total. The molecule has 126 valence electrons. The molecule has 0 bridgehead atoms. The molecule has 0 aromatic heterocycles. The number of rotatable bonds is 6. The van der Waals surface area contributed by atoms with Gasteiger partial charge >= 0.3 is 5.97 Å². The molecule has 0 aliphatic rings. The predicted octanol–water partition coefficient (Wildman–Crippen LogP) is 4.50. The number of anilines is 1. The number of esters is 1. The fourth-order valence-corrected chi connectivity index (χ4v) is 2.60. The Hall–Kier alpha value is -2.04. The number of halogens is 2. The zero-order valence-electron chi connectivity index (χ0n) is 13.1. The van der Waals surface area contributed by atoms with E-state index in [1.807, 2.05) is 30.3 Å². The summed E-state index contributed by atoms with van der Waals surface area (Å²) in [6.45, 7) is 1.52. The van der Waals surface area contributed by atoms with E-state index in [2.05, 4.69) is 5.32 Å². The normalized spacial score (nSPS) is 11.6. The maximum Gasteiger partial charge on any atom is 0.306 e. The van der Waals surface area contributed by atoms with Crippen LogP contribution in [0.2, 0.25) is 10.0 Å². The van der Waals surface area contributed by atoms with Crippen molar-refractivity contribution >= 4 is 40.8 Å². The SMILES string of the molecule is C[C@H](OC(=O)CCc1ccccc1)C(=O)Nc1cc(Cl)cc(Cl)c1. The summed E-state index contributed by atoms with van der Waals surface area (Å²) in [6, 6.07) is 14.3. The fraction of sp³-hybridized carbons (Fsp3) is 0.222. The largest absolute Gasteiger partial charge is 0.453 e. The van der Waals surface area contributed by atoms with Crippen LogP contribution in [-0.2, 0) is 20.7 Å². The van der Waals surface area contributed by atoms with Gasteiger partial charge in [-0.25, -0.2) is 0 Å². The molecule has 24 heavy (non-hydrogen) atoms. The molecule has 0 aliphatic carbocycles. The van der Waals surface area contributed by atoms with Gasteiger partial charge in [-0.15, -0.1) is 0 Å². The summed E-state index contributed by atoms with van der Waals surface area (Å²) in [5.41, 5.74) is 1.49. The molecule has 4 nitrogen and oxygen atoms in total. The van der Waals surface area contributed by atoms with Crippen molar-refractivity contribution in [2.24, 2.45) is 0 Å². The van der Waals surface area contributed by atoms with E-state index in [1.165, 1.54) is 6.92 Å². The van der Waals surface area contributed by atoms with Gasteiger partial charge in [0.25, 0.3) is 5.91 Å². The van der Waals surface area contributed by atoms with E-state index < -0.39 is 18.0 Å². The molecule has 1 atom stereocenters. The lowest BCUT2D eigenvalue weighted by Crippen LogP contribution is -2.30. The monoisotopic (exact) mass is 365 g/mol. The zero-order valence-corrected chi connectivity index (χ0v) is 14.6. The highest BCUT2D eigenvalue weighted by atomic mass is 35.5. The van der Waals surface area contributed by atoms with Crippen molar-refractivity contribution in [2.45, 2.75) is 25.9 Å². The number of benzene rings is 2. The van der Waals surface area contributed by atoms with Crippen LogP contribution in [0.1, 0.15) is 18.9 Å². The number of nitrogens with one attached hydrogen (secondary N) is 1. The third-order valence-corrected chi connectivity index (χ3v) is 3.70. The molecule has 2 aromatic rings. The summed E-state index contributed by atoms with van der Waals surface area (Å²) in [5.74, 6) is -0.868. The van der Waals surface area contributed by atoms with Crippen LogP contribution in [0.15, 0.2) is 48.5 Å². The Bertz CT molecular complexity index is 699. The number of hydrogen-bond donors (Lipinski definition) is 1. The van der Waals surface area contributed by atoms with Gasteiger partial charge in [0, 0.05) is 22.2 Å². The summed E-state index contributed by atoms with van der Waals surface area (Å²) >= 11 is 11.8. The minimum atomic E-state index is -0.911. The van der Waals surface area contributed by atoms with Crippen molar-refractivity contribution in [3.05, 3.63) is 64.1 Å². The summed E-state index contributed by atoms with van der Waals surface area (Å²) in [7, 11) is 0. The third kappa shape index (κ3) is 5.87. The first-order valence-electron chi connectivity index (χ1n) is 7.44. The average Bonchev–Trinajstić information content (AvgIpc) is 2.53. The van der Waals surface area contributed by atoms with Gasteiger partial charge in [-0.1, -0.05) is 53.5 Å². The molecule has 0 fully saturated rings. The molecule has 0 aliphatic heterocycles.